The molecule has 0 bridgehead atoms. The zero-order chi connectivity index (χ0) is 13.0. The summed E-state index contributed by atoms with van der Waals surface area (Å²) in [5.41, 5.74) is 2.06. The molecule has 0 aliphatic carbocycles. The normalized spacial score (nSPS) is 12.8. The largest absolute Gasteiger partial charge is 0.229 e. The summed E-state index contributed by atoms with van der Waals surface area (Å²) >= 11 is 3.42. The van der Waals surface area contributed by atoms with Gasteiger partial charge < -0.3 is 0 Å². The van der Waals surface area contributed by atoms with Gasteiger partial charge in [-0.25, -0.2) is 4.21 Å². The molecule has 0 unspecified atom stereocenters. The van der Waals surface area contributed by atoms with Crippen molar-refractivity contribution in [2.75, 3.05) is 0 Å². The zero-order valence-electron chi connectivity index (χ0n) is 9.84. The summed E-state index contributed by atoms with van der Waals surface area (Å²) in [5, 5.41) is 0. The van der Waals surface area contributed by atoms with Gasteiger partial charge in [0.25, 0.3) is 0 Å². The lowest BCUT2D eigenvalue weighted by Crippen LogP contribution is -1.90. The molecule has 0 fully saturated rings. The average Bonchev–Trinajstić information content (AvgIpc) is 2.38. The molecule has 2 nitrogen and oxygen atoms in total. The van der Waals surface area contributed by atoms with Crippen LogP contribution in [0.5, 0.6) is 0 Å². The SMILES string of the molecule is Cc1ccc([S@](=O)/N=C/c2ccccc2Br)cc1. The molecule has 2 aromatic carbocycles. The number of benzene rings is 2. The zero-order valence-corrected chi connectivity index (χ0v) is 12.2. The first-order chi connectivity index (χ1) is 8.66. The van der Waals surface area contributed by atoms with E-state index in [4.69, 9.17) is 0 Å². The average molecular weight is 322 g/mol. The fourth-order valence-electron chi connectivity index (χ4n) is 1.40. The topological polar surface area (TPSA) is 29.4 Å². The monoisotopic (exact) mass is 321 g/mol. The second kappa shape index (κ2) is 6.07. The van der Waals surface area contributed by atoms with E-state index in [1.54, 1.807) is 6.21 Å². The Kier molecular flexibility index (Phi) is 4.44. The Balaban J connectivity index is 2.17. The fraction of sp³-hybridized carbons (Fsp3) is 0.0714. The van der Waals surface area contributed by atoms with Gasteiger partial charge >= 0.3 is 0 Å². The smallest absolute Gasteiger partial charge is 0.172 e. The summed E-state index contributed by atoms with van der Waals surface area (Å²) in [5.74, 6) is 0. The van der Waals surface area contributed by atoms with E-state index in [1.807, 2.05) is 55.5 Å². The predicted octanol–water partition coefficient (Wildman–Crippen LogP) is 3.90. The maximum absolute atomic E-state index is 11.9. The van der Waals surface area contributed by atoms with E-state index >= 15 is 0 Å². The Morgan fingerprint density at radius 3 is 2.44 bits per heavy atom. The minimum absolute atomic E-state index is 0.712. The molecule has 0 radical (unpaired) electrons. The van der Waals surface area contributed by atoms with Crippen LogP contribution < -0.4 is 0 Å². The number of nitrogens with zero attached hydrogens (tertiary/aromatic N) is 1. The molecule has 0 aromatic heterocycles. The molecule has 0 spiro atoms. The van der Waals surface area contributed by atoms with Crippen molar-refractivity contribution in [2.45, 2.75) is 11.8 Å². The molecule has 0 N–H and O–H groups in total. The molecule has 0 aliphatic rings. The molecular weight excluding hydrogens is 310 g/mol. The first-order valence-electron chi connectivity index (χ1n) is 5.44. The van der Waals surface area contributed by atoms with Crippen molar-refractivity contribution in [3.63, 3.8) is 0 Å². The minimum Gasteiger partial charge on any atom is -0.229 e. The fourth-order valence-corrected chi connectivity index (χ4v) is 2.49. The molecule has 4 heteroatoms. The van der Waals surface area contributed by atoms with Crippen LogP contribution in [0.2, 0.25) is 0 Å². The summed E-state index contributed by atoms with van der Waals surface area (Å²) < 4.78 is 17.0. The van der Waals surface area contributed by atoms with Crippen LogP contribution in [0.3, 0.4) is 0 Å². The van der Waals surface area contributed by atoms with Crippen LogP contribution in [-0.4, -0.2) is 10.4 Å². The Bertz CT molecular complexity index is 593. The van der Waals surface area contributed by atoms with Gasteiger partial charge in [0.05, 0.1) is 4.90 Å². The van der Waals surface area contributed by atoms with Crippen molar-refractivity contribution in [2.24, 2.45) is 4.40 Å². The Morgan fingerprint density at radius 2 is 1.78 bits per heavy atom. The van der Waals surface area contributed by atoms with Crippen LogP contribution in [0.25, 0.3) is 0 Å². The van der Waals surface area contributed by atoms with E-state index in [1.165, 1.54) is 0 Å². The number of halogens is 1. The van der Waals surface area contributed by atoms with E-state index in [9.17, 15) is 4.21 Å². The van der Waals surface area contributed by atoms with Crippen LogP contribution in [0.1, 0.15) is 11.1 Å². The Morgan fingerprint density at radius 1 is 1.11 bits per heavy atom. The lowest BCUT2D eigenvalue weighted by Gasteiger charge is -1.98. The quantitative estimate of drug-likeness (QED) is 0.788. The number of hydrogen-bond donors (Lipinski definition) is 0. The Hall–Kier alpha value is -1.26. The van der Waals surface area contributed by atoms with Gasteiger partial charge in [-0.15, -0.1) is 0 Å². The number of rotatable bonds is 3. The highest BCUT2D eigenvalue weighted by Gasteiger charge is 2.01. The molecule has 0 saturated carbocycles. The summed E-state index contributed by atoms with van der Waals surface area (Å²) in [4.78, 5) is 0.712. The van der Waals surface area contributed by atoms with Gasteiger partial charge in [-0.05, 0) is 25.1 Å². The number of hydrogen-bond acceptors (Lipinski definition) is 1. The molecule has 0 aliphatic heterocycles. The molecular formula is C14H12BrNOS. The van der Waals surface area contributed by atoms with Gasteiger partial charge in [0.2, 0.25) is 0 Å². The standard InChI is InChI=1S/C14H12BrNOS/c1-11-6-8-13(9-7-11)18(17)16-10-12-4-2-3-5-14(12)15/h2-10H,1H3/b16-10+/t18-/m0/s1. The number of aryl methyl sites for hydroxylation is 1. The maximum atomic E-state index is 11.9. The first-order valence-corrected chi connectivity index (χ1v) is 7.34. The van der Waals surface area contributed by atoms with Crippen LogP contribution in [-0.2, 0) is 11.0 Å². The Labute approximate surface area is 117 Å². The second-order valence-corrected chi connectivity index (χ2v) is 5.85. The van der Waals surface area contributed by atoms with Crippen LogP contribution >= 0.6 is 15.9 Å². The van der Waals surface area contributed by atoms with E-state index in [0.717, 1.165) is 15.6 Å². The highest BCUT2D eigenvalue weighted by atomic mass is 79.9. The van der Waals surface area contributed by atoms with Gasteiger partial charge in [-0.1, -0.05) is 51.8 Å². The molecule has 18 heavy (non-hydrogen) atoms. The van der Waals surface area contributed by atoms with Crippen molar-refractivity contribution in [3.05, 3.63) is 64.1 Å². The third-order valence-electron chi connectivity index (χ3n) is 2.42. The summed E-state index contributed by atoms with van der Waals surface area (Å²) in [6, 6.07) is 15.2. The maximum Gasteiger partial charge on any atom is 0.172 e. The molecule has 2 aromatic rings. The van der Waals surface area contributed by atoms with Crippen molar-refractivity contribution in [1.82, 2.24) is 0 Å². The third-order valence-corrected chi connectivity index (χ3v) is 4.11. The molecule has 92 valence electrons. The van der Waals surface area contributed by atoms with Gasteiger partial charge in [0, 0.05) is 16.3 Å². The van der Waals surface area contributed by atoms with Crippen LogP contribution in [0.4, 0.5) is 0 Å². The summed E-state index contributed by atoms with van der Waals surface area (Å²) in [7, 11) is -1.35. The minimum atomic E-state index is -1.35. The molecule has 2 rings (SSSR count). The van der Waals surface area contributed by atoms with E-state index in [0.29, 0.717) is 4.90 Å². The van der Waals surface area contributed by atoms with Crippen molar-refractivity contribution >= 4 is 33.1 Å². The van der Waals surface area contributed by atoms with Gasteiger partial charge in [-0.2, -0.15) is 4.40 Å². The molecule has 0 saturated heterocycles. The second-order valence-electron chi connectivity index (χ2n) is 3.82. The lowest BCUT2D eigenvalue weighted by atomic mass is 10.2. The van der Waals surface area contributed by atoms with E-state index in [-0.39, 0.29) is 0 Å². The van der Waals surface area contributed by atoms with Crippen molar-refractivity contribution < 1.29 is 4.21 Å². The van der Waals surface area contributed by atoms with Crippen LogP contribution in [0.15, 0.2) is 62.3 Å². The van der Waals surface area contributed by atoms with Crippen molar-refractivity contribution in [3.8, 4) is 0 Å². The predicted molar refractivity (Wildman–Crippen MR) is 79.3 cm³/mol. The highest BCUT2D eigenvalue weighted by Crippen LogP contribution is 2.14. The van der Waals surface area contributed by atoms with Gasteiger partial charge in [0.1, 0.15) is 0 Å². The summed E-state index contributed by atoms with van der Waals surface area (Å²) in [6.07, 6.45) is 1.63. The molecule has 0 amide bonds. The van der Waals surface area contributed by atoms with Crippen LogP contribution in [0, 0.1) is 6.92 Å². The molecule has 1 atom stereocenters. The highest BCUT2D eigenvalue weighted by molar-refractivity contribution is 9.10. The summed E-state index contributed by atoms with van der Waals surface area (Å²) in [6.45, 7) is 2.00. The first kappa shape index (κ1) is 13.2. The third kappa shape index (κ3) is 3.37. The lowest BCUT2D eigenvalue weighted by molar-refractivity contribution is 0.684. The van der Waals surface area contributed by atoms with E-state index < -0.39 is 11.0 Å². The van der Waals surface area contributed by atoms with Crippen molar-refractivity contribution in [1.29, 1.82) is 0 Å². The molecule has 0 heterocycles. The van der Waals surface area contributed by atoms with E-state index in [2.05, 4.69) is 20.3 Å². The van der Waals surface area contributed by atoms with Gasteiger partial charge in [0.15, 0.2) is 11.0 Å². The van der Waals surface area contributed by atoms with Gasteiger partial charge in [-0.3, -0.25) is 0 Å².